The number of hydrogen-bond donors (Lipinski definition) is 0. The van der Waals surface area contributed by atoms with Crippen LogP contribution >= 0.6 is 0 Å². The minimum Gasteiger partial charge on any atom is -0.379 e. The van der Waals surface area contributed by atoms with Crippen molar-refractivity contribution in [1.29, 1.82) is 0 Å². The highest BCUT2D eigenvalue weighted by Gasteiger charge is 2.19. The molecule has 0 N–H and O–H groups in total. The number of ether oxygens (including phenoxy) is 1. The van der Waals surface area contributed by atoms with Gasteiger partial charge in [0.25, 0.3) is 0 Å². The number of hydrogen-bond acceptors (Lipinski definition) is 3. The lowest BCUT2D eigenvalue weighted by Crippen LogP contribution is -2.44. The quantitative estimate of drug-likeness (QED) is 0.819. The Morgan fingerprint density at radius 1 is 0.875 bits per heavy atom. The number of morpholine rings is 1. The Kier molecular flexibility index (Phi) is 5.99. The van der Waals surface area contributed by atoms with E-state index in [4.69, 9.17) is 4.74 Å². The molecule has 2 aromatic rings. The Balaban J connectivity index is 1.69. The molecular weight excluding hydrogens is 300 g/mol. The lowest BCUT2D eigenvalue weighted by molar-refractivity contribution is -0.134. The van der Waals surface area contributed by atoms with E-state index in [9.17, 15) is 4.79 Å². The number of nitrogens with zero attached hydrogens (tertiary/aromatic N) is 2. The summed E-state index contributed by atoms with van der Waals surface area (Å²) in [5.41, 5.74) is 2.31. The van der Waals surface area contributed by atoms with Gasteiger partial charge in [0.1, 0.15) is 0 Å². The summed E-state index contributed by atoms with van der Waals surface area (Å²) in [6.07, 6.45) is 0. The maximum Gasteiger partial charge on any atom is 0.237 e. The van der Waals surface area contributed by atoms with Crippen LogP contribution in [0.25, 0.3) is 0 Å². The normalized spacial score (nSPS) is 15.2. The van der Waals surface area contributed by atoms with Crippen LogP contribution in [0.1, 0.15) is 11.1 Å². The predicted molar refractivity (Wildman–Crippen MR) is 94.4 cm³/mol. The van der Waals surface area contributed by atoms with E-state index in [1.165, 1.54) is 0 Å². The van der Waals surface area contributed by atoms with Crippen LogP contribution in [-0.4, -0.2) is 48.6 Å². The minimum absolute atomic E-state index is 0.171. The molecule has 0 bridgehead atoms. The van der Waals surface area contributed by atoms with Gasteiger partial charge < -0.3 is 9.64 Å². The van der Waals surface area contributed by atoms with E-state index in [1.807, 2.05) is 41.3 Å². The van der Waals surface area contributed by atoms with E-state index in [2.05, 4.69) is 29.2 Å². The van der Waals surface area contributed by atoms with Crippen molar-refractivity contribution in [1.82, 2.24) is 9.80 Å². The molecule has 1 heterocycles. The van der Waals surface area contributed by atoms with E-state index < -0.39 is 0 Å². The summed E-state index contributed by atoms with van der Waals surface area (Å²) in [7, 11) is 0. The zero-order chi connectivity index (χ0) is 16.6. The second-order valence-electron chi connectivity index (χ2n) is 6.11. The Bertz CT molecular complexity index is 583. The summed E-state index contributed by atoms with van der Waals surface area (Å²) in [5, 5.41) is 0. The number of carbonyl (C=O) groups is 1. The molecule has 1 aliphatic heterocycles. The molecule has 4 nitrogen and oxygen atoms in total. The van der Waals surface area contributed by atoms with Crippen molar-refractivity contribution in [2.24, 2.45) is 0 Å². The van der Waals surface area contributed by atoms with E-state index >= 15 is 0 Å². The second kappa shape index (κ2) is 8.62. The Morgan fingerprint density at radius 2 is 1.38 bits per heavy atom. The highest BCUT2D eigenvalue weighted by molar-refractivity contribution is 5.78. The third kappa shape index (κ3) is 4.91. The fourth-order valence-corrected chi connectivity index (χ4v) is 2.89. The van der Waals surface area contributed by atoms with Crippen molar-refractivity contribution in [3.63, 3.8) is 0 Å². The molecule has 2 aromatic carbocycles. The highest BCUT2D eigenvalue weighted by atomic mass is 16.5. The third-order valence-electron chi connectivity index (χ3n) is 4.25. The zero-order valence-electron chi connectivity index (χ0n) is 13.9. The molecule has 4 heteroatoms. The predicted octanol–water partition coefficient (Wildman–Crippen LogP) is 2.55. The van der Waals surface area contributed by atoms with E-state index in [0.717, 1.165) is 24.2 Å². The van der Waals surface area contributed by atoms with Gasteiger partial charge in [-0.2, -0.15) is 0 Å². The highest BCUT2D eigenvalue weighted by Crippen LogP contribution is 2.11. The first kappa shape index (κ1) is 16.7. The van der Waals surface area contributed by atoms with Gasteiger partial charge >= 0.3 is 0 Å². The first-order chi connectivity index (χ1) is 11.8. The lowest BCUT2D eigenvalue weighted by atomic mass is 10.1. The molecule has 3 rings (SSSR count). The monoisotopic (exact) mass is 324 g/mol. The molecule has 0 spiro atoms. The van der Waals surface area contributed by atoms with Gasteiger partial charge in [-0.3, -0.25) is 9.69 Å². The van der Waals surface area contributed by atoms with Crippen molar-refractivity contribution in [2.75, 3.05) is 32.8 Å². The van der Waals surface area contributed by atoms with Crippen molar-refractivity contribution in [3.05, 3.63) is 71.8 Å². The Hall–Kier alpha value is -2.17. The van der Waals surface area contributed by atoms with Crippen molar-refractivity contribution < 1.29 is 9.53 Å². The van der Waals surface area contributed by atoms with Gasteiger partial charge in [-0.1, -0.05) is 60.7 Å². The van der Waals surface area contributed by atoms with Crippen LogP contribution in [0.15, 0.2) is 60.7 Å². The topological polar surface area (TPSA) is 32.8 Å². The van der Waals surface area contributed by atoms with Crippen LogP contribution in [0.5, 0.6) is 0 Å². The molecule has 0 saturated carbocycles. The summed E-state index contributed by atoms with van der Waals surface area (Å²) < 4.78 is 5.37. The van der Waals surface area contributed by atoms with Crippen LogP contribution in [0.4, 0.5) is 0 Å². The molecule has 1 saturated heterocycles. The van der Waals surface area contributed by atoms with Crippen LogP contribution < -0.4 is 0 Å². The largest absolute Gasteiger partial charge is 0.379 e. The molecule has 1 aliphatic rings. The second-order valence-corrected chi connectivity index (χ2v) is 6.11. The van der Waals surface area contributed by atoms with Gasteiger partial charge in [0, 0.05) is 26.2 Å². The molecule has 24 heavy (non-hydrogen) atoms. The first-order valence-corrected chi connectivity index (χ1v) is 8.47. The van der Waals surface area contributed by atoms with Gasteiger partial charge in [-0.15, -0.1) is 0 Å². The number of carbonyl (C=O) groups excluding carboxylic acids is 1. The summed E-state index contributed by atoms with van der Waals surface area (Å²) in [5.74, 6) is 0.171. The first-order valence-electron chi connectivity index (χ1n) is 8.47. The van der Waals surface area contributed by atoms with Crippen molar-refractivity contribution in [3.8, 4) is 0 Å². The molecule has 0 radical (unpaired) electrons. The lowest BCUT2D eigenvalue weighted by Gasteiger charge is -2.30. The molecule has 126 valence electrons. The smallest absolute Gasteiger partial charge is 0.237 e. The van der Waals surface area contributed by atoms with Gasteiger partial charge in [0.15, 0.2) is 0 Å². The van der Waals surface area contributed by atoms with Gasteiger partial charge in [0.05, 0.1) is 19.8 Å². The summed E-state index contributed by atoms with van der Waals surface area (Å²) in [4.78, 5) is 17.0. The Morgan fingerprint density at radius 3 is 1.88 bits per heavy atom. The summed E-state index contributed by atoms with van der Waals surface area (Å²) in [6, 6.07) is 20.3. The van der Waals surface area contributed by atoms with E-state index in [-0.39, 0.29) is 5.91 Å². The Labute approximate surface area is 143 Å². The van der Waals surface area contributed by atoms with Crippen LogP contribution in [-0.2, 0) is 22.6 Å². The van der Waals surface area contributed by atoms with Crippen LogP contribution in [0, 0.1) is 0 Å². The SMILES string of the molecule is O=C(CN1CCOCC1)N(Cc1ccccc1)Cc1ccccc1. The molecule has 0 unspecified atom stereocenters. The molecular formula is C20H24N2O2. The van der Waals surface area contributed by atoms with E-state index in [0.29, 0.717) is 32.8 Å². The average molecular weight is 324 g/mol. The summed E-state index contributed by atoms with van der Waals surface area (Å²) in [6.45, 7) is 4.82. The molecule has 1 amide bonds. The minimum atomic E-state index is 0.171. The number of amides is 1. The zero-order valence-corrected chi connectivity index (χ0v) is 13.9. The maximum atomic E-state index is 12.9. The van der Waals surface area contributed by atoms with Gasteiger partial charge in [-0.25, -0.2) is 0 Å². The maximum absolute atomic E-state index is 12.9. The fourth-order valence-electron chi connectivity index (χ4n) is 2.89. The van der Waals surface area contributed by atoms with Crippen LogP contribution in [0.3, 0.4) is 0 Å². The van der Waals surface area contributed by atoms with Gasteiger partial charge in [-0.05, 0) is 11.1 Å². The molecule has 0 aromatic heterocycles. The fraction of sp³-hybridized carbons (Fsp3) is 0.350. The van der Waals surface area contributed by atoms with Crippen molar-refractivity contribution >= 4 is 5.91 Å². The number of benzene rings is 2. The average Bonchev–Trinajstić information content (AvgIpc) is 2.64. The standard InChI is InChI=1S/C20H24N2O2/c23-20(17-21-11-13-24-14-12-21)22(15-18-7-3-1-4-8-18)16-19-9-5-2-6-10-19/h1-10H,11-17H2. The van der Waals surface area contributed by atoms with E-state index in [1.54, 1.807) is 0 Å². The molecule has 0 aliphatic carbocycles. The molecule has 1 fully saturated rings. The van der Waals surface area contributed by atoms with Crippen LogP contribution in [0.2, 0.25) is 0 Å². The van der Waals surface area contributed by atoms with Gasteiger partial charge in [0.2, 0.25) is 5.91 Å². The third-order valence-corrected chi connectivity index (χ3v) is 4.25. The molecule has 0 atom stereocenters. The summed E-state index contributed by atoms with van der Waals surface area (Å²) >= 11 is 0. The number of rotatable bonds is 6. The van der Waals surface area contributed by atoms with Crippen molar-refractivity contribution in [2.45, 2.75) is 13.1 Å².